The van der Waals surface area contributed by atoms with Gasteiger partial charge in [-0.1, -0.05) is 48.5 Å². The van der Waals surface area contributed by atoms with Crippen LogP contribution in [0, 0.1) is 0 Å². The average Bonchev–Trinajstić information content (AvgIpc) is 2.47. The van der Waals surface area contributed by atoms with Crippen molar-refractivity contribution in [3.8, 4) is 5.75 Å². The molecule has 0 fully saturated rings. The topological polar surface area (TPSA) is 38.7 Å². The maximum absolute atomic E-state index is 10.5. The van der Waals surface area contributed by atoms with Crippen molar-refractivity contribution < 1.29 is 14.6 Å². The zero-order valence-corrected chi connectivity index (χ0v) is 10.7. The molecule has 0 amide bonds. The molecular weight excluding hydrogens is 240 g/mol. The van der Waals surface area contributed by atoms with Crippen LogP contribution in [0.5, 0.6) is 5.75 Å². The summed E-state index contributed by atoms with van der Waals surface area (Å²) in [5.41, 5.74) is 1.84. The van der Waals surface area contributed by atoms with Gasteiger partial charge < -0.3 is 14.6 Å². The van der Waals surface area contributed by atoms with Crippen molar-refractivity contribution in [2.24, 2.45) is 0 Å². The lowest BCUT2D eigenvalue weighted by atomic mass is 9.92. The Hall–Kier alpha value is -1.84. The summed E-state index contributed by atoms with van der Waals surface area (Å²) in [7, 11) is 1.61. The lowest BCUT2D eigenvalue weighted by Crippen LogP contribution is -2.35. The summed E-state index contributed by atoms with van der Waals surface area (Å²) in [5.74, 6) is 0.772. The number of ether oxygens (including phenoxy) is 2. The molecule has 2 aromatic rings. The molecule has 1 heterocycles. The lowest BCUT2D eigenvalue weighted by molar-refractivity contribution is -0.0869. The van der Waals surface area contributed by atoms with Crippen molar-refractivity contribution in [2.45, 2.75) is 18.3 Å². The normalized spacial score (nSPS) is 25.5. The Morgan fingerprint density at radius 3 is 2.42 bits per heavy atom. The molecule has 0 aliphatic carbocycles. The van der Waals surface area contributed by atoms with Gasteiger partial charge in [-0.25, -0.2) is 0 Å². The Morgan fingerprint density at radius 2 is 1.68 bits per heavy atom. The zero-order chi connectivity index (χ0) is 13.2. The molecule has 1 N–H and O–H groups in total. The van der Waals surface area contributed by atoms with Crippen LogP contribution < -0.4 is 4.74 Å². The number of rotatable bonds is 2. The second-order valence-corrected chi connectivity index (χ2v) is 4.63. The van der Waals surface area contributed by atoms with E-state index in [-0.39, 0.29) is 6.10 Å². The Balaban J connectivity index is 2.02. The van der Waals surface area contributed by atoms with E-state index in [1.165, 1.54) is 0 Å². The van der Waals surface area contributed by atoms with Gasteiger partial charge in [0.25, 0.3) is 0 Å². The van der Waals surface area contributed by atoms with Gasteiger partial charge in [0.15, 0.2) is 6.10 Å². The van der Waals surface area contributed by atoms with E-state index in [0.29, 0.717) is 0 Å². The number of fused-ring (bicyclic) bond motifs is 1. The van der Waals surface area contributed by atoms with Gasteiger partial charge in [-0.2, -0.15) is 0 Å². The quantitative estimate of drug-likeness (QED) is 0.898. The minimum Gasteiger partial charge on any atom is -0.482 e. The van der Waals surface area contributed by atoms with Gasteiger partial charge in [0.1, 0.15) is 18.0 Å². The summed E-state index contributed by atoms with van der Waals surface area (Å²) in [5, 5.41) is 10.5. The molecule has 0 radical (unpaired) electrons. The summed E-state index contributed by atoms with van der Waals surface area (Å²) in [4.78, 5) is 0. The van der Waals surface area contributed by atoms with Crippen LogP contribution in [0.4, 0.5) is 0 Å². The first-order chi connectivity index (χ1) is 9.31. The molecular formula is C16H16O3. The van der Waals surface area contributed by atoms with Crippen LogP contribution in [0.25, 0.3) is 0 Å². The van der Waals surface area contributed by atoms with E-state index in [2.05, 4.69) is 0 Å². The van der Waals surface area contributed by atoms with Crippen LogP contribution in [0.15, 0.2) is 54.6 Å². The monoisotopic (exact) mass is 256 g/mol. The highest BCUT2D eigenvalue weighted by atomic mass is 16.5. The molecule has 3 rings (SSSR count). The summed E-state index contributed by atoms with van der Waals surface area (Å²) in [6, 6.07) is 17.4. The molecule has 19 heavy (non-hydrogen) atoms. The highest BCUT2D eigenvalue weighted by Gasteiger charge is 2.37. The fraction of sp³-hybridized carbons (Fsp3) is 0.250. The number of hydrogen-bond donors (Lipinski definition) is 1. The smallest absolute Gasteiger partial charge is 0.152 e. The van der Waals surface area contributed by atoms with Crippen LogP contribution in [0.1, 0.15) is 23.3 Å². The molecule has 0 aromatic heterocycles. The molecule has 3 atom stereocenters. The fourth-order valence-electron chi connectivity index (χ4n) is 2.55. The van der Waals surface area contributed by atoms with Gasteiger partial charge in [0, 0.05) is 12.7 Å². The van der Waals surface area contributed by atoms with Gasteiger partial charge in [-0.15, -0.1) is 0 Å². The van der Waals surface area contributed by atoms with Crippen molar-refractivity contribution >= 4 is 0 Å². The van der Waals surface area contributed by atoms with Crippen molar-refractivity contribution in [2.75, 3.05) is 7.11 Å². The van der Waals surface area contributed by atoms with Crippen LogP contribution in [0.3, 0.4) is 0 Å². The van der Waals surface area contributed by atoms with E-state index in [1.54, 1.807) is 7.11 Å². The predicted molar refractivity (Wildman–Crippen MR) is 72.0 cm³/mol. The molecule has 3 unspecified atom stereocenters. The zero-order valence-electron chi connectivity index (χ0n) is 10.7. The van der Waals surface area contributed by atoms with Gasteiger partial charge in [0.2, 0.25) is 0 Å². The summed E-state index contributed by atoms with van der Waals surface area (Å²) >= 11 is 0. The number of hydrogen-bond acceptors (Lipinski definition) is 3. The third-order valence-electron chi connectivity index (χ3n) is 3.48. The molecule has 2 aromatic carbocycles. The Morgan fingerprint density at radius 1 is 1.00 bits per heavy atom. The molecule has 0 saturated heterocycles. The molecule has 0 spiro atoms. The summed E-state index contributed by atoms with van der Waals surface area (Å²) in [6.07, 6.45) is -1.49. The Bertz CT molecular complexity index is 553. The molecule has 0 saturated carbocycles. The molecule has 3 nitrogen and oxygen atoms in total. The number of benzene rings is 2. The molecule has 0 bridgehead atoms. The third-order valence-corrected chi connectivity index (χ3v) is 3.48. The molecule has 3 heteroatoms. The van der Waals surface area contributed by atoms with Crippen LogP contribution in [-0.2, 0) is 4.74 Å². The highest BCUT2D eigenvalue weighted by molar-refractivity contribution is 5.39. The van der Waals surface area contributed by atoms with E-state index >= 15 is 0 Å². The molecule has 1 aliphatic heterocycles. The number of para-hydroxylation sites is 1. The minimum atomic E-state index is -0.720. The molecule has 1 aliphatic rings. The maximum Gasteiger partial charge on any atom is 0.152 e. The summed E-state index contributed by atoms with van der Waals surface area (Å²) < 4.78 is 11.4. The van der Waals surface area contributed by atoms with Crippen molar-refractivity contribution in [1.29, 1.82) is 0 Å². The standard InChI is InChI=1S/C16H16O3/c1-18-16-12-9-5-6-10-13(12)19-15(14(16)17)11-7-3-2-4-8-11/h2-10,14-17H,1H3. The number of aliphatic hydroxyl groups excluding tert-OH is 1. The second kappa shape index (κ2) is 5.03. The first-order valence-corrected chi connectivity index (χ1v) is 6.32. The van der Waals surface area contributed by atoms with Crippen LogP contribution >= 0.6 is 0 Å². The van der Waals surface area contributed by atoms with Gasteiger partial charge in [-0.05, 0) is 11.6 Å². The average molecular weight is 256 g/mol. The lowest BCUT2D eigenvalue weighted by Gasteiger charge is -2.36. The van der Waals surface area contributed by atoms with Crippen LogP contribution in [0.2, 0.25) is 0 Å². The third kappa shape index (κ3) is 2.11. The van der Waals surface area contributed by atoms with Crippen LogP contribution in [-0.4, -0.2) is 18.3 Å². The van der Waals surface area contributed by atoms with Crippen molar-refractivity contribution in [3.05, 3.63) is 65.7 Å². The Labute approximate surface area is 112 Å². The van der Waals surface area contributed by atoms with E-state index in [0.717, 1.165) is 16.9 Å². The second-order valence-electron chi connectivity index (χ2n) is 4.63. The number of aliphatic hydroxyl groups is 1. The first-order valence-electron chi connectivity index (χ1n) is 6.32. The van der Waals surface area contributed by atoms with Gasteiger partial charge in [-0.3, -0.25) is 0 Å². The fourth-order valence-corrected chi connectivity index (χ4v) is 2.55. The van der Waals surface area contributed by atoms with Crippen molar-refractivity contribution in [3.63, 3.8) is 0 Å². The predicted octanol–water partition coefficient (Wildman–Crippen LogP) is 2.87. The van der Waals surface area contributed by atoms with E-state index < -0.39 is 12.2 Å². The van der Waals surface area contributed by atoms with Gasteiger partial charge >= 0.3 is 0 Å². The van der Waals surface area contributed by atoms with E-state index in [9.17, 15) is 5.11 Å². The first kappa shape index (κ1) is 12.2. The largest absolute Gasteiger partial charge is 0.482 e. The highest BCUT2D eigenvalue weighted by Crippen LogP contribution is 2.42. The summed E-state index contributed by atoms with van der Waals surface area (Å²) in [6.45, 7) is 0. The minimum absolute atomic E-state index is 0.366. The number of methoxy groups -OCH3 is 1. The van der Waals surface area contributed by atoms with E-state index in [1.807, 2.05) is 54.6 Å². The van der Waals surface area contributed by atoms with Gasteiger partial charge in [0.05, 0.1) is 0 Å². The molecule has 98 valence electrons. The Kier molecular flexibility index (Phi) is 3.23. The maximum atomic E-state index is 10.5. The SMILES string of the molecule is COC1c2ccccc2OC(c2ccccc2)C1O. The van der Waals surface area contributed by atoms with E-state index in [4.69, 9.17) is 9.47 Å². The van der Waals surface area contributed by atoms with Crippen molar-refractivity contribution in [1.82, 2.24) is 0 Å².